The highest BCUT2D eigenvalue weighted by atomic mass is 16.8. The molecule has 0 saturated heterocycles. The summed E-state index contributed by atoms with van der Waals surface area (Å²) < 4.78 is 4.39. The second kappa shape index (κ2) is 2.13. The minimum atomic E-state index is -0.318. The summed E-state index contributed by atoms with van der Waals surface area (Å²) in [4.78, 5) is 16.3. The monoisotopic (exact) mass is 192 g/mol. The van der Waals surface area contributed by atoms with Crippen LogP contribution in [0.1, 0.15) is 0 Å². The van der Waals surface area contributed by atoms with Gasteiger partial charge in [0.25, 0.3) is 5.52 Å². The van der Waals surface area contributed by atoms with Gasteiger partial charge in [-0.05, 0) is 4.90 Å². The smallest absolute Gasteiger partial charge is 0.323 e. The first-order valence-electron chi connectivity index (χ1n) is 3.85. The lowest BCUT2D eigenvalue weighted by Crippen LogP contribution is -2.22. The Morgan fingerprint density at radius 3 is 2.86 bits per heavy atom. The van der Waals surface area contributed by atoms with Gasteiger partial charge in [0.2, 0.25) is 5.52 Å². The largest absolute Gasteiger partial charge is 0.359 e. The van der Waals surface area contributed by atoms with Gasteiger partial charge in [-0.15, -0.1) is 0 Å². The molecule has 0 spiro atoms. The molecule has 0 saturated carbocycles. The maximum Gasteiger partial charge on any atom is 0.323 e. The van der Waals surface area contributed by atoms with Crippen LogP contribution in [-0.2, 0) is 0 Å². The van der Waals surface area contributed by atoms with E-state index >= 15 is 0 Å². The van der Waals surface area contributed by atoms with E-state index < -0.39 is 0 Å². The van der Waals surface area contributed by atoms with E-state index in [2.05, 4.69) is 19.8 Å². The normalized spacial score (nSPS) is 11.4. The fourth-order valence-corrected chi connectivity index (χ4v) is 1.40. The number of nitrogens with zero attached hydrogens (tertiary/aromatic N) is 2. The van der Waals surface area contributed by atoms with Crippen molar-refractivity contribution in [3.63, 3.8) is 0 Å². The molecule has 7 nitrogen and oxygen atoms in total. The van der Waals surface area contributed by atoms with E-state index in [9.17, 15) is 10.0 Å². The highest BCUT2D eigenvalue weighted by Crippen LogP contribution is 2.14. The Labute approximate surface area is 75.5 Å². The molecule has 2 heterocycles. The molecule has 1 aromatic carbocycles. The summed E-state index contributed by atoms with van der Waals surface area (Å²) >= 11 is 0. The molecule has 2 aromatic heterocycles. The number of fused-ring (bicyclic) bond motifs is 2. The van der Waals surface area contributed by atoms with Gasteiger partial charge in [0.05, 0.1) is 11.0 Å². The van der Waals surface area contributed by atoms with Crippen LogP contribution >= 0.6 is 0 Å². The SMILES string of the molecule is O=c1[nH]c2cc3no[n+]([O-])c3cc2[nH]1. The first kappa shape index (κ1) is 7.13. The average Bonchev–Trinajstić information content (AvgIpc) is 2.66. The molecule has 0 radical (unpaired) electrons. The Morgan fingerprint density at radius 1 is 1.36 bits per heavy atom. The molecular formula is C7H4N4O3. The predicted octanol–water partition coefficient (Wildman–Crippen LogP) is -0.369. The van der Waals surface area contributed by atoms with Gasteiger partial charge in [-0.25, -0.2) is 4.79 Å². The molecule has 7 heteroatoms. The van der Waals surface area contributed by atoms with E-state index in [0.29, 0.717) is 21.5 Å². The molecule has 0 bridgehead atoms. The van der Waals surface area contributed by atoms with E-state index in [1.165, 1.54) is 6.07 Å². The van der Waals surface area contributed by atoms with Crippen molar-refractivity contribution in [1.82, 2.24) is 15.1 Å². The lowest BCUT2D eigenvalue weighted by Gasteiger charge is -1.86. The van der Waals surface area contributed by atoms with E-state index in [-0.39, 0.29) is 11.2 Å². The summed E-state index contributed by atoms with van der Waals surface area (Å²) in [7, 11) is 0. The lowest BCUT2D eigenvalue weighted by atomic mass is 10.3. The molecule has 3 rings (SSSR count). The Bertz CT molecular complexity index is 677. The number of aromatic nitrogens is 4. The molecule has 2 N–H and O–H groups in total. The van der Waals surface area contributed by atoms with E-state index in [0.717, 1.165) is 0 Å². The average molecular weight is 192 g/mol. The third-order valence-electron chi connectivity index (χ3n) is 2.02. The van der Waals surface area contributed by atoms with Crippen LogP contribution in [0.15, 0.2) is 21.6 Å². The summed E-state index contributed by atoms with van der Waals surface area (Å²) in [6, 6.07) is 3.08. The highest BCUT2D eigenvalue weighted by Gasteiger charge is 2.11. The van der Waals surface area contributed by atoms with Crippen LogP contribution in [0.5, 0.6) is 0 Å². The number of imidazole rings is 1. The molecule has 3 aromatic rings. The van der Waals surface area contributed by atoms with Crippen molar-refractivity contribution in [2.45, 2.75) is 0 Å². The number of aromatic amines is 2. The van der Waals surface area contributed by atoms with E-state index in [1.54, 1.807) is 6.07 Å². The third-order valence-corrected chi connectivity index (χ3v) is 2.02. The van der Waals surface area contributed by atoms with Crippen LogP contribution in [0.2, 0.25) is 0 Å². The van der Waals surface area contributed by atoms with Crippen LogP contribution in [0, 0.1) is 5.21 Å². The number of H-pyrrole nitrogens is 2. The summed E-state index contributed by atoms with van der Waals surface area (Å²) in [5, 5.41) is 14.5. The number of nitrogens with one attached hydrogen (secondary N) is 2. The van der Waals surface area contributed by atoms with Crippen molar-refractivity contribution >= 4 is 22.1 Å². The molecule has 0 atom stereocenters. The fourth-order valence-electron chi connectivity index (χ4n) is 1.40. The van der Waals surface area contributed by atoms with Crippen molar-refractivity contribution < 1.29 is 9.53 Å². The zero-order valence-electron chi connectivity index (χ0n) is 6.77. The van der Waals surface area contributed by atoms with Crippen LogP contribution in [-0.4, -0.2) is 15.1 Å². The second-order valence-electron chi connectivity index (χ2n) is 2.90. The molecule has 0 amide bonds. The Morgan fingerprint density at radius 2 is 2.07 bits per heavy atom. The van der Waals surface area contributed by atoms with E-state index in [1.807, 2.05) is 0 Å². The standard InChI is InChI=1S/C7H4N4O3/c12-7-8-3-1-5-6(2-4(3)9-7)11(13)14-10-5/h1-2H,(H2,8,9,12). The van der Waals surface area contributed by atoms with Gasteiger partial charge in [0, 0.05) is 17.3 Å². The summed E-state index contributed by atoms with van der Waals surface area (Å²) in [6.45, 7) is 0. The van der Waals surface area contributed by atoms with Crippen molar-refractivity contribution in [3.8, 4) is 0 Å². The van der Waals surface area contributed by atoms with Gasteiger partial charge < -0.3 is 15.2 Å². The molecule has 0 aliphatic rings. The van der Waals surface area contributed by atoms with Gasteiger partial charge in [-0.3, -0.25) is 4.63 Å². The fraction of sp³-hybridized carbons (Fsp3) is 0. The summed E-state index contributed by atoms with van der Waals surface area (Å²) in [5.41, 5.74) is 1.52. The lowest BCUT2D eigenvalue weighted by molar-refractivity contribution is -0.782. The Hall–Kier alpha value is -2.31. The molecule has 14 heavy (non-hydrogen) atoms. The van der Waals surface area contributed by atoms with Crippen molar-refractivity contribution in [2.24, 2.45) is 0 Å². The molecule has 70 valence electrons. The predicted molar refractivity (Wildman–Crippen MR) is 45.4 cm³/mol. The van der Waals surface area contributed by atoms with Gasteiger partial charge in [0.1, 0.15) is 0 Å². The van der Waals surface area contributed by atoms with Gasteiger partial charge in [-0.1, -0.05) is 0 Å². The first-order valence-corrected chi connectivity index (χ1v) is 3.85. The first-order chi connectivity index (χ1) is 6.74. The minimum absolute atomic E-state index is 0.285. The van der Waals surface area contributed by atoms with Crippen molar-refractivity contribution in [2.75, 3.05) is 0 Å². The molecule has 0 aliphatic carbocycles. The Balaban J connectivity index is 2.59. The Kier molecular flexibility index (Phi) is 1.09. The quantitative estimate of drug-likeness (QED) is 0.474. The molecular weight excluding hydrogens is 188 g/mol. The number of rotatable bonds is 0. The van der Waals surface area contributed by atoms with Gasteiger partial charge in [-0.2, -0.15) is 0 Å². The van der Waals surface area contributed by atoms with Crippen molar-refractivity contribution in [3.05, 3.63) is 27.8 Å². The van der Waals surface area contributed by atoms with Crippen LogP contribution in [0.3, 0.4) is 0 Å². The summed E-state index contributed by atoms with van der Waals surface area (Å²) in [6.07, 6.45) is 0. The summed E-state index contributed by atoms with van der Waals surface area (Å²) in [5.74, 6) is 0. The number of hydrogen-bond donors (Lipinski definition) is 2. The van der Waals surface area contributed by atoms with Crippen LogP contribution < -0.4 is 10.6 Å². The molecule has 0 unspecified atom stereocenters. The van der Waals surface area contributed by atoms with Gasteiger partial charge in [0.15, 0.2) is 0 Å². The van der Waals surface area contributed by atoms with Crippen LogP contribution in [0.25, 0.3) is 22.1 Å². The topological polar surface area (TPSA) is 102 Å². The number of hydrogen-bond acceptors (Lipinski definition) is 4. The zero-order valence-corrected chi connectivity index (χ0v) is 6.77. The third kappa shape index (κ3) is 0.777. The maximum absolute atomic E-state index is 11.0. The highest BCUT2D eigenvalue weighted by molar-refractivity contribution is 5.88. The minimum Gasteiger partial charge on any atom is -0.359 e. The molecule has 0 aliphatic heterocycles. The van der Waals surface area contributed by atoms with Crippen LogP contribution in [0.4, 0.5) is 0 Å². The maximum atomic E-state index is 11.0. The van der Waals surface area contributed by atoms with Gasteiger partial charge >= 0.3 is 5.69 Å². The van der Waals surface area contributed by atoms with E-state index in [4.69, 9.17) is 0 Å². The van der Waals surface area contributed by atoms with Crippen molar-refractivity contribution in [1.29, 1.82) is 0 Å². The second-order valence-corrected chi connectivity index (χ2v) is 2.90. The zero-order chi connectivity index (χ0) is 9.71. The number of benzene rings is 1. The molecule has 0 fully saturated rings.